The van der Waals surface area contributed by atoms with Crippen LogP contribution >= 0.6 is 11.3 Å². The highest BCUT2D eigenvalue weighted by Crippen LogP contribution is 2.28. The summed E-state index contributed by atoms with van der Waals surface area (Å²) in [4.78, 5) is 13.5. The summed E-state index contributed by atoms with van der Waals surface area (Å²) in [5.41, 5.74) is 4.76. The van der Waals surface area contributed by atoms with Crippen molar-refractivity contribution in [2.45, 2.75) is 33.1 Å². The molecule has 2 N–H and O–H groups in total. The van der Waals surface area contributed by atoms with E-state index in [1.54, 1.807) is 11.3 Å². The van der Waals surface area contributed by atoms with E-state index in [0.29, 0.717) is 6.42 Å². The average Bonchev–Trinajstić information content (AvgIpc) is 3.08. The Hall–Kier alpha value is -2.43. The van der Waals surface area contributed by atoms with E-state index in [0.717, 1.165) is 30.5 Å². The minimum Gasteiger partial charge on any atom is -0.400 e. The molecule has 0 aliphatic carbocycles. The molecule has 27 heavy (non-hydrogen) atoms. The Morgan fingerprint density at radius 2 is 1.63 bits per heavy atom. The second-order valence-electron chi connectivity index (χ2n) is 6.19. The summed E-state index contributed by atoms with van der Waals surface area (Å²) in [7, 11) is 1.00. The SMILES string of the molecule is CCc1cc(C)c(NC(=O)CCc2ccc(-c3ccccc3)cc2)s1.CO. The van der Waals surface area contributed by atoms with Gasteiger partial charge in [-0.05, 0) is 48.1 Å². The fourth-order valence-electron chi connectivity index (χ4n) is 2.79. The standard InChI is InChI=1S/C22H23NOS.CH4O/c1-3-20-15-16(2)22(25-20)23-21(24)14-11-17-9-12-19(13-10-17)18-7-5-4-6-8-18;1-2/h4-10,12-13,15H,3,11,14H2,1-2H3,(H,23,24);2H,1H3. The molecule has 0 bridgehead atoms. The molecule has 0 atom stereocenters. The van der Waals surface area contributed by atoms with Crippen molar-refractivity contribution in [1.82, 2.24) is 0 Å². The quantitative estimate of drug-likeness (QED) is 0.595. The third-order valence-corrected chi connectivity index (χ3v) is 5.57. The van der Waals surface area contributed by atoms with E-state index in [9.17, 15) is 4.79 Å². The number of hydrogen-bond acceptors (Lipinski definition) is 3. The third kappa shape index (κ3) is 6.05. The summed E-state index contributed by atoms with van der Waals surface area (Å²) in [6.07, 6.45) is 2.27. The van der Waals surface area contributed by atoms with Crippen LogP contribution in [0.4, 0.5) is 5.00 Å². The van der Waals surface area contributed by atoms with Crippen molar-refractivity contribution in [2.24, 2.45) is 0 Å². The van der Waals surface area contributed by atoms with Crippen molar-refractivity contribution in [1.29, 1.82) is 0 Å². The molecule has 1 aromatic heterocycles. The van der Waals surface area contributed by atoms with Gasteiger partial charge in [0, 0.05) is 18.4 Å². The van der Waals surface area contributed by atoms with Crippen molar-refractivity contribution in [2.75, 3.05) is 12.4 Å². The number of aliphatic hydroxyl groups is 1. The summed E-state index contributed by atoms with van der Waals surface area (Å²) < 4.78 is 0. The maximum atomic E-state index is 12.2. The molecular formula is C23H27NO2S. The maximum absolute atomic E-state index is 12.2. The average molecular weight is 382 g/mol. The highest BCUT2D eigenvalue weighted by Gasteiger charge is 2.09. The fourth-order valence-corrected chi connectivity index (χ4v) is 3.81. The Morgan fingerprint density at radius 1 is 1.00 bits per heavy atom. The number of anilines is 1. The van der Waals surface area contributed by atoms with E-state index >= 15 is 0 Å². The van der Waals surface area contributed by atoms with Crippen LogP contribution in [0.3, 0.4) is 0 Å². The Labute approximate surface area is 165 Å². The Bertz CT molecular complexity index is 839. The van der Waals surface area contributed by atoms with Gasteiger partial charge in [0.2, 0.25) is 5.91 Å². The van der Waals surface area contributed by atoms with Crippen LogP contribution in [0, 0.1) is 6.92 Å². The topological polar surface area (TPSA) is 49.3 Å². The summed E-state index contributed by atoms with van der Waals surface area (Å²) in [6.45, 7) is 4.18. The molecule has 0 aliphatic rings. The van der Waals surface area contributed by atoms with Crippen molar-refractivity contribution in [3.05, 3.63) is 76.7 Å². The predicted octanol–water partition coefficient (Wildman–Crippen LogP) is 5.47. The van der Waals surface area contributed by atoms with Gasteiger partial charge in [-0.2, -0.15) is 0 Å². The maximum Gasteiger partial charge on any atom is 0.225 e. The van der Waals surface area contributed by atoms with Crippen LogP contribution in [0.25, 0.3) is 11.1 Å². The van der Waals surface area contributed by atoms with Gasteiger partial charge >= 0.3 is 0 Å². The predicted molar refractivity (Wildman–Crippen MR) is 115 cm³/mol. The lowest BCUT2D eigenvalue weighted by atomic mass is 10.0. The van der Waals surface area contributed by atoms with Crippen LogP contribution < -0.4 is 5.32 Å². The van der Waals surface area contributed by atoms with Gasteiger partial charge in [0.1, 0.15) is 0 Å². The molecule has 0 saturated carbocycles. The van der Waals surface area contributed by atoms with E-state index in [1.807, 2.05) is 25.1 Å². The molecule has 0 saturated heterocycles. The smallest absolute Gasteiger partial charge is 0.225 e. The molecule has 4 heteroatoms. The van der Waals surface area contributed by atoms with Crippen molar-refractivity contribution < 1.29 is 9.90 Å². The Morgan fingerprint density at radius 3 is 2.22 bits per heavy atom. The van der Waals surface area contributed by atoms with Gasteiger partial charge in [0.15, 0.2) is 0 Å². The molecule has 2 aromatic carbocycles. The third-order valence-electron chi connectivity index (χ3n) is 4.27. The normalized spacial score (nSPS) is 10.1. The number of benzene rings is 2. The van der Waals surface area contributed by atoms with E-state index in [-0.39, 0.29) is 5.91 Å². The summed E-state index contributed by atoms with van der Waals surface area (Å²) in [6, 6.07) is 21.0. The molecule has 142 valence electrons. The minimum absolute atomic E-state index is 0.0831. The van der Waals surface area contributed by atoms with Gasteiger partial charge in [-0.3, -0.25) is 4.79 Å². The fraction of sp³-hybridized carbons (Fsp3) is 0.261. The van der Waals surface area contributed by atoms with Crippen molar-refractivity contribution in [3.63, 3.8) is 0 Å². The first kappa shape index (κ1) is 20.9. The van der Waals surface area contributed by atoms with Crippen LogP contribution in [0.1, 0.15) is 29.3 Å². The first-order chi connectivity index (χ1) is 13.2. The van der Waals surface area contributed by atoms with E-state index in [2.05, 4.69) is 54.7 Å². The second-order valence-corrected chi connectivity index (χ2v) is 7.33. The van der Waals surface area contributed by atoms with Crippen LogP contribution in [0.2, 0.25) is 0 Å². The van der Waals surface area contributed by atoms with Gasteiger partial charge in [0.05, 0.1) is 5.00 Å². The molecule has 0 radical (unpaired) electrons. The molecule has 0 aliphatic heterocycles. The Balaban J connectivity index is 0.00000126. The number of carbonyl (C=O) groups is 1. The highest BCUT2D eigenvalue weighted by atomic mass is 32.1. The summed E-state index contributed by atoms with van der Waals surface area (Å²) in [5.74, 6) is 0.0831. The first-order valence-corrected chi connectivity index (χ1v) is 9.95. The van der Waals surface area contributed by atoms with E-state index < -0.39 is 0 Å². The number of rotatable bonds is 6. The lowest BCUT2D eigenvalue weighted by Crippen LogP contribution is -2.11. The number of thiophene rings is 1. The molecule has 0 fully saturated rings. The number of nitrogens with one attached hydrogen (secondary N) is 1. The molecule has 3 aromatic rings. The largest absolute Gasteiger partial charge is 0.400 e. The lowest BCUT2D eigenvalue weighted by Gasteiger charge is -2.06. The van der Waals surface area contributed by atoms with Crippen LogP contribution in [0.5, 0.6) is 0 Å². The molecule has 0 unspecified atom stereocenters. The lowest BCUT2D eigenvalue weighted by molar-refractivity contribution is -0.116. The van der Waals surface area contributed by atoms with Crippen LogP contribution in [0.15, 0.2) is 60.7 Å². The zero-order chi connectivity index (χ0) is 19.6. The van der Waals surface area contributed by atoms with Crippen LogP contribution in [-0.4, -0.2) is 18.1 Å². The van der Waals surface area contributed by atoms with Gasteiger partial charge in [0.25, 0.3) is 0 Å². The number of aliphatic hydroxyl groups excluding tert-OH is 1. The molecule has 1 amide bonds. The number of carbonyl (C=O) groups excluding carboxylic acids is 1. The zero-order valence-electron chi connectivity index (χ0n) is 16.2. The van der Waals surface area contributed by atoms with Gasteiger partial charge in [-0.25, -0.2) is 0 Å². The molecule has 3 rings (SSSR count). The van der Waals surface area contributed by atoms with Crippen molar-refractivity contribution >= 4 is 22.2 Å². The highest BCUT2D eigenvalue weighted by molar-refractivity contribution is 7.16. The minimum atomic E-state index is 0.0831. The van der Waals surface area contributed by atoms with Crippen LogP contribution in [-0.2, 0) is 17.6 Å². The van der Waals surface area contributed by atoms with Crippen molar-refractivity contribution in [3.8, 4) is 11.1 Å². The van der Waals surface area contributed by atoms with Gasteiger partial charge in [-0.1, -0.05) is 61.5 Å². The molecule has 1 heterocycles. The Kier molecular flexibility index (Phi) is 8.24. The summed E-state index contributed by atoms with van der Waals surface area (Å²) in [5, 5.41) is 11.0. The van der Waals surface area contributed by atoms with E-state index in [1.165, 1.54) is 21.6 Å². The monoisotopic (exact) mass is 381 g/mol. The molecule has 3 nitrogen and oxygen atoms in total. The first-order valence-electron chi connectivity index (χ1n) is 9.14. The van der Waals surface area contributed by atoms with Gasteiger partial charge in [-0.15, -0.1) is 11.3 Å². The van der Waals surface area contributed by atoms with E-state index in [4.69, 9.17) is 5.11 Å². The zero-order valence-corrected chi connectivity index (χ0v) is 17.0. The number of hydrogen-bond donors (Lipinski definition) is 2. The van der Waals surface area contributed by atoms with Gasteiger partial charge < -0.3 is 10.4 Å². The second kappa shape index (κ2) is 10.7. The summed E-state index contributed by atoms with van der Waals surface area (Å²) >= 11 is 1.68. The molecular weight excluding hydrogens is 354 g/mol. The number of aryl methyl sites for hydroxylation is 3. The molecule has 0 spiro atoms. The number of amides is 1.